The van der Waals surface area contributed by atoms with Gasteiger partial charge in [0, 0.05) is 6.04 Å². The fourth-order valence-corrected chi connectivity index (χ4v) is 0. The molecule has 0 aliphatic heterocycles. The van der Waals surface area contributed by atoms with E-state index in [1.807, 2.05) is 0 Å². The second-order valence-electron chi connectivity index (χ2n) is 0.709. The molecule has 0 amide bonds. The van der Waals surface area contributed by atoms with Gasteiger partial charge in [-0.3, -0.25) is 0 Å². The second-order valence-corrected chi connectivity index (χ2v) is 3.39. The topological polar surface area (TPSA) is 17.1 Å². The summed E-state index contributed by atoms with van der Waals surface area (Å²) in [5.74, 6) is 0. The summed E-state index contributed by atoms with van der Waals surface area (Å²) in [6.45, 7) is 1.80. The van der Waals surface area contributed by atoms with E-state index < -0.39 is 7.99 Å². The molecule has 0 heterocycles. The second kappa shape index (κ2) is 2.54. The molecule has 0 N–H and O–H groups in total. The van der Waals surface area contributed by atoms with Gasteiger partial charge in [0.2, 0.25) is 0 Å². The Hall–Kier alpha value is 0.307. The molecule has 0 unspecified atom stereocenters. The first-order chi connectivity index (χ1) is 2.27. The SMILES string of the molecule is CC[Si](=O)Cl. The molecule has 0 saturated heterocycles. The summed E-state index contributed by atoms with van der Waals surface area (Å²) in [4.78, 5) is 0. The lowest BCUT2D eigenvalue weighted by Gasteiger charge is -1.64. The Morgan fingerprint density at radius 1 is 2.00 bits per heavy atom. The molecule has 1 nitrogen and oxygen atoms in total. The zero-order chi connectivity index (χ0) is 4.28. The van der Waals surface area contributed by atoms with Crippen LogP contribution in [0.5, 0.6) is 0 Å². The first kappa shape index (κ1) is 5.31. The van der Waals surface area contributed by atoms with Crippen molar-refractivity contribution >= 4 is 19.1 Å². The largest absolute Gasteiger partial charge is 0.383 e. The highest BCUT2D eigenvalue weighted by Crippen LogP contribution is 1.80. The van der Waals surface area contributed by atoms with Crippen molar-refractivity contribution in [2.45, 2.75) is 13.0 Å². The minimum absolute atomic E-state index is 0.617. The minimum Gasteiger partial charge on any atom is -0.368 e. The standard InChI is InChI=1S/C2H5ClOSi/c1-2-5(3)4/h2H2,1H3. The maximum absolute atomic E-state index is 9.76. The van der Waals surface area contributed by atoms with E-state index >= 15 is 0 Å². The molecule has 0 aliphatic rings. The fraction of sp³-hybridized carbons (Fsp3) is 1.00. The van der Waals surface area contributed by atoms with Gasteiger partial charge in [-0.2, -0.15) is 0 Å². The lowest BCUT2D eigenvalue weighted by Crippen LogP contribution is -1.77. The van der Waals surface area contributed by atoms with Crippen LogP contribution < -0.4 is 0 Å². The summed E-state index contributed by atoms with van der Waals surface area (Å²) in [6, 6.07) is 0.617. The van der Waals surface area contributed by atoms with E-state index in [9.17, 15) is 4.46 Å². The van der Waals surface area contributed by atoms with Crippen molar-refractivity contribution in [2.24, 2.45) is 0 Å². The predicted octanol–water partition coefficient (Wildman–Crippen LogP) is 1.16. The van der Waals surface area contributed by atoms with Crippen molar-refractivity contribution in [2.75, 3.05) is 0 Å². The molecule has 0 radical (unpaired) electrons. The van der Waals surface area contributed by atoms with Crippen LogP contribution in [0.1, 0.15) is 6.92 Å². The van der Waals surface area contributed by atoms with Gasteiger partial charge < -0.3 is 4.46 Å². The van der Waals surface area contributed by atoms with Gasteiger partial charge >= 0.3 is 7.99 Å². The number of hydrogen-bond acceptors (Lipinski definition) is 1. The van der Waals surface area contributed by atoms with E-state index in [-0.39, 0.29) is 0 Å². The predicted molar refractivity (Wildman–Crippen MR) is 22.8 cm³/mol. The van der Waals surface area contributed by atoms with Gasteiger partial charge in [0.05, 0.1) is 0 Å². The normalized spacial score (nSPS) is 7.60. The van der Waals surface area contributed by atoms with Gasteiger partial charge in [0.25, 0.3) is 0 Å². The van der Waals surface area contributed by atoms with Crippen molar-refractivity contribution in [3.8, 4) is 0 Å². The van der Waals surface area contributed by atoms with Crippen molar-refractivity contribution < 1.29 is 4.46 Å². The third kappa shape index (κ3) is 4.31. The summed E-state index contributed by atoms with van der Waals surface area (Å²) < 4.78 is 9.76. The number of rotatable bonds is 1. The molecule has 0 spiro atoms. The van der Waals surface area contributed by atoms with Gasteiger partial charge in [0.1, 0.15) is 0 Å². The molecular weight excluding hydrogens is 104 g/mol. The molecule has 0 fully saturated rings. The summed E-state index contributed by atoms with van der Waals surface area (Å²) >= 11 is 5.01. The van der Waals surface area contributed by atoms with Crippen LogP contribution in [0.3, 0.4) is 0 Å². The molecule has 3 heteroatoms. The van der Waals surface area contributed by atoms with Crippen LogP contribution in [0.2, 0.25) is 6.04 Å². The Labute approximate surface area is 37.3 Å². The highest BCUT2D eigenvalue weighted by molar-refractivity contribution is 6.97. The van der Waals surface area contributed by atoms with Gasteiger partial charge in [0.15, 0.2) is 0 Å². The zero-order valence-electron chi connectivity index (χ0n) is 2.99. The van der Waals surface area contributed by atoms with Crippen LogP contribution in [0.4, 0.5) is 0 Å². The van der Waals surface area contributed by atoms with E-state index in [2.05, 4.69) is 0 Å². The first-order valence-corrected chi connectivity index (χ1v) is 4.08. The van der Waals surface area contributed by atoms with Gasteiger partial charge in [-0.15, -0.1) is 0 Å². The van der Waals surface area contributed by atoms with E-state index in [0.29, 0.717) is 6.04 Å². The average molecular weight is 109 g/mol. The molecule has 0 saturated carbocycles. The first-order valence-electron chi connectivity index (χ1n) is 1.45. The molecule has 0 atom stereocenters. The smallest absolute Gasteiger partial charge is 0.368 e. The summed E-state index contributed by atoms with van der Waals surface area (Å²) in [7, 11) is -1.65. The molecule has 0 bridgehead atoms. The lowest BCUT2D eigenvalue weighted by atomic mass is 11.0. The van der Waals surface area contributed by atoms with Gasteiger partial charge in [-0.1, -0.05) is 18.0 Å². The lowest BCUT2D eigenvalue weighted by molar-refractivity contribution is 0.572. The van der Waals surface area contributed by atoms with E-state index in [0.717, 1.165) is 0 Å². The van der Waals surface area contributed by atoms with Crippen molar-refractivity contribution in [1.82, 2.24) is 0 Å². The summed E-state index contributed by atoms with van der Waals surface area (Å²) in [5.41, 5.74) is 0. The molecule has 0 aliphatic carbocycles. The fourth-order valence-electron chi connectivity index (χ4n) is 0. The highest BCUT2D eigenvalue weighted by Gasteiger charge is 1.87. The molecule has 30 valence electrons. The van der Waals surface area contributed by atoms with Crippen molar-refractivity contribution in [3.63, 3.8) is 0 Å². The molecule has 5 heavy (non-hydrogen) atoms. The van der Waals surface area contributed by atoms with Crippen LogP contribution in [-0.4, -0.2) is 7.99 Å². The van der Waals surface area contributed by atoms with Crippen molar-refractivity contribution in [1.29, 1.82) is 0 Å². The third-order valence-corrected chi connectivity index (χ3v) is 1.64. The van der Waals surface area contributed by atoms with E-state index in [1.165, 1.54) is 0 Å². The molecular formula is C2H5ClOSi. The van der Waals surface area contributed by atoms with Crippen LogP contribution in [0.15, 0.2) is 0 Å². The summed E-state index contributed by atoms with van der Waals surface area (Å²) in [6.07, 6.45) is 0. The van der Waals surface area contributed by atoms with Crippen LogP contribution in [-0.2, 0) is 4.46 Å². The Morgan fingerprint density at radius 3 is 2.20 bits per heavy atom. The Bertz CT molecular complexity index is 44.9. The Morgan fingerprint density at radius 2 is 2.20 bits per heavy atom. The van der Waals surface area contributed by atoms with Crippen molar-refractivity contribution in [3.05, 3.63) is 0 Å². The van der Waals surface area contributed by atoms with Crippen LogP contribution >= 0.6 is 11.1 Å². The number of halogens is 1. The monoisotopic (exact) mass is 108 g/mol. The molecule has 0 rings (SSSR count). The Kier molecular flexibility index (Phi) is 2.69. The quantitative estimate of drug-likeness (QED) is 0.364. The minimum atomic E-state index is -1.65. The Balaban J connectivity index is 2.85. The molecule has 0 aromatic carbocycles. The molecule has 0 aromatic rings. The van der Waals surface area contributed by atoms with Gasteiger partial charge in [-0.05, 0) is 0 Å². The van der Waals surface area contributed by atoms with Crippen LogP contribution in [0.25, 0.3) is 0 Å². The summed E-state index contributed by atoms with van der Waals surface area (Å²) in [5, 5.41) is 0. The maximum Gasteiger partial charge on any atom is 0.383 e. The highest BCUT2D eigenvalue weighted by atomic mass is 35.6. The third-order valence-electron chi connectivity index (χ3n) is 0.278. The van der Waals surface area contributed by atoms with Gasteiger partial charge in [-0.25, -0.2) is 0 Å². The van der Waals surface area contributed by atoms with E-state index in [4.69, 9.17) is 11.1 Å². The number of hydrogen-bond donors (Lipinski definition) is 0. The maximum atomic E-state index is 9.76. The van der Waals surface area contributed by atoms with E-state index in [1.54, 1.807) is 6.92 Å². The molecule has 0 aromatic heterocycles. The van der Waals surface area contributed by atoms with Crippen LogP contribution in [0, 0.1) is 0 Å². The zero-order valence-corrected chi connectivity index (χ0v) is 4.75. The average Bonchev–Trinajstić information content (AvgIpc) is 1.38.